The van der Waals surface area contributed by atoms with E-state index in [0.29, 0.717) is 18.5 Å². The number of hydrogen-bond donors (Lipinski definition) is 2. The average molecular weight is 275 g/mol. The Bertz CT molecular complexity index is 418. The highest BCUT2D eigenvalue weighted by Crippen LogP contribution is 2.23. The predicted molar refractivity (Wildman–Crippen MR) is 81.5 cm³/mol. The van der Waals surface area contributed by atoms with Gasteiger partial charge in [0.1, 0.15) is 6.54 Å². The van der Waals surface area contributed by atoms with E-state index in [4.69, 9.17) is 0 Å². The normalized spacial score (nSPS) is 24.1. The fourth-order valence-corrected chi connectivity index (χ4v) is 3.07. The zero-order chi connectivity index (χ0) is 14.4. The van der Waals surface area contributed by atoms with Gasteiger partial charge in [0.25, 0.3) is 5.91 Å². The zero-order valence-corrected chi connectivity index (χ0v) is 12.7. The number of nitrogens with one attached hydrogen (secondary N) is 2. The molecular weight excluding hydrogens is 248 g/mol. The van der Waals surface area contributed by atoms with Gasteiger partial charge in [-0.3, -0.25) is 4.79 Å². The van der Waals surface area contributed by atoms with Gasteiger partial charge in [0, 0.05) is 11.6 Å². The van der Waals surface area contributed by atoms with Crippen molar-refractivity contribution in [3.8, 4) is 0 Å². The summed E-state index contributed by atoms with van der Waals surface area (Å²) in [5.41, 5.74) is 1.28. The first kappa shape index (κ1) is 15.0. The van der Waals surface area contributed by atoms with Crippen LogP contribution in [0.4, 0.5) is 0 Å². The Balaban J connectivity index is 1.76. The van der Waals surface area contributed by atoms with Crippen LogP contribution in [0.3, 0.4) is 0 Å². The standard InChI is InChI=1S/C17H26N2O/c1-14-8-6-7-11-16(14)18-17(20)13-19(2)12-15-9-4-3-5-10-15/h3-5,9-10,14,16H,6-8,11-13H2,1-2H3,(H,18,20)/p+1/t14-,16-/m0/s1. The van der Waals surface area contributed by atoms with Crippen molar-refractivity contribution in [2.24, 2.45) is 5.92 Å². The molecule has 1 aliphatic rings. The highest BCUT2D eigenvalue weighted by atomic mass is 16.2. The first-order valence-electron chi connectivity index (χ1n) is 7.79. The molecule has 0 saturated heterocycles. The van der Waals surface area contributed by atoms with Crippen LogP contribution in [0.25, 0.3) is 0 Å². The summed E-state index contributed by atoms with van der Waals surface area (Å²) in [7, 11) is 2.08. The molecule has 1 aromatic rings. The van der Waals surface area contributed by atoms with E-state index < -0.39 is 0 Å². The highest BCUT2D eigenvalue weighted by Gasteiger charge is 2.23. The van der Waals surface area contributed by atoms with Gasteiger partial charge < -0.3 is 10.2 Å². The molecular formula is C17H27N2O+. The van der Waals surface area contributed by atoms with E-state index in [-0.39, 0.29) is 5.91 Å². The molecule has 3 heteroatoms. The molecule has 3 atom stereocenters. The molecule has 1 saturated carbocycles. The Labute approximate surface area is 122 Å². The molecule has 0 heterocycles. The molecule has 110 valence electrons. The lowest BCUT2D eigenvalue weighted by Crippen LogP contribution is -3.09. The molecule has 2 rings (SSSR count). The quantitative estimate of drug-likeness (QED) is 0.837. The third-order valence-corrected chi connectivity index (χ3v) is 4.27. The molecule has 20 heavy (non-hydrogen) atoms. The Kier molecular flexibility index (Phi) is 5.60. The Morgan fingerprint density at radius 1 is 1.25 bits per heavy atom. The molecule has 0 radical (unpaired) electrons. The van der Waals surface area contributed by atoms with Gasteiger partial charge in [-0.25, -0.2) is 0 Å². The molecule has 0 aromatic heterocycles. The number of carbonyl (C=O) groups is 1. The van der Waals surface area contributed by atoms with Crippen molar-refractivity contribution in [3.05, 3.63) is 35.9 Å². The molecule has 0 bridgehead atoms. The molecule has 3 nitrogen and oxygen atoms in total. The van der Waals surface area contributed by atoms with Crippen LogP contribution in [-0.4, -0.2) is 25.5 Å². The lowest BCUT2D eigenvalue weighted by molar-refractivity contribution is -0.885. The summed E-state index contributed by atoms with van der Waals surface area (Å²) in [6, 6.07) is 10.7. The second kappa shape index (κ2) is 7.44. The summed E-state index contributed by atoms with van der Waals surface area (Å²) in [6.45, 7) is 3.71. The van der Waals surface area contributed by atoms with Crippen molar-refractivity contribution < 1.29 is 9.69 Å². The van der Waals surface area contributed by atoms with Crippen LogP contribution in [-0.2, 0) is 11.3 Å². The average Bonchev–Trinajstić information content (AvgIpc) is 2.42. The number of rotatable bonds is 5. The van der Waals surface area contributed by atoms with Crippen molar-refractivity contribution in [1.29, 1.82) is 0 Å². The van der Waals surface area contributed by atoms with Crippen LogP contribution in [0.15, 0.2) is 30.3 Å². The van der Waals surface area contributed by atoms with E-state index in [1.165, 1.54) is 29.7 Å². The topological polar surface area (TPSA) is 33.5 Å². The maximum Gasteiger partial charge on any atom is 0.275 e. The van der Waals surface area contributed by atoms with Gasteiger partial charge in [-0.1, -0.05) is 50.1 Å². The molecule has 1 amide bonds. The fourth-order valence-electron chi connectivity index (χ4n) is 3.07. The van der Waals surface area contributed by atoms with Gasteiger partial charge in [-0.05, 0) is 18.8 Å². The van der Waals surface area contributed by atoms with Crippen molar-refractivity contribution in [2.75, 3.05) is 13.6 Å². The van der Waals surface area contributed by atoms with Gasteiger partial charge in [0.15, 0.2) is 6.54 Å². The lowest BCUT2D eigenvalue weighted by Gasteiger charge is -2.29. The number of amides is 1. The van der Waals surface area contributed by atoms with Crippen molar-refractivity contribution in [1.82, 2.24) is 5.32 Å². The Morgan fingerprint density at radius 3 is 2.65 bits per heavy atom. The fraction of sp³-hybridized carbons (Fsp3) is 0.588. The SMILES string of the molecule is C[C@H]1CCCC[C@@H]1NC(=O)C[NH+](C)Cc1ccccc1. The largest absolute Gasteiger partial charge is 0.348 e. The number of quaternary nitrogens is 1. The molecule has 0 spiro atoms. The van der Waals surface area contributed by atoms with Crippen LogP contribution in [0.2, 0.25) is 0 Å². The summed E-state index contributed by atoms with van der Waals surface area (Å²) in [4.78, 5) is 13.4. The first-order valence-corrected chi connectivity index (χ1v) is 7.79. The minimum Gasteiger partial charge on any atom is -0.348 e. The highest BCUT2D eigenvalue weighted by molar-refractivity contribution is 5.77. The minimum atomic E-state index is 0.192. The summed E-state index contributed by atoms with van der Waals surface area (Å²) in [5, 5.41) is 3.23. The number of benzene rings is 1. The van der Waals surface area contributed by atoms with Crippen LogP contribution < -0.4 is 10.2 Å². The second-order valence-corrected chi connectivity index (χ2v) is 6.23. The van der Waals surface area contributed by atoms with Gasteiger partial charge in [0.05, 0.1) is 7.05 Å². The summed E-state index contributed by atoms with van der Waals surface area (Å²) >= 11 is 0. The molecule has 2 N–H and O–H groups in total. The van der Waals surface area contributed by atoms with Crippen LogP contribution in [0.1, 0.15) is 38.2 Å². The first-order chi connectivity index (χ1) is 9.65. The van der Waals surface area contributed by atoms with Crippen LogP contribution in [0, 0.1) is 5.92 Å². The zero-order valence-electron chi connectivity index (χ0n) is 12.7. The van der Waals surface area contributed by atoms with E-state index in [1.807, 2.05) is 18.2 Å². The lowest BCUT2D eigenvalue weighted by atomic mass is 9.86. The van der Waals surface area contributed by atoms with E-state index >= 15 is 0 Å². The second-order valence-electron chi connectivity index (χ2n) is 6.23. The van der Waals surface area contributed by atoms with Gasteiger partial charge in [-0.2, -0.15) is 0 Å². The third kappa shape index (κ3) is 4.64. The van der Waals surface area contributed by atoms with Gasteiger partial charge in [-0.15, -0.1) is 0 Å². The molecule has 1 fully saturated rings. The number of carbonyl (C=O) groups excluding carboxylic acids is 1. The van der Waals surface area contributed by atoms with Crippen molar-refractivity contribution in [2.45, 2.75) is 45.2 Å². The van der Waals surface area contributed by atoms with E-state index in [9.17, 15) is 4.79 Å². The van der Waals surface area contributed by atoms with Crippen molar-refractivity contribution in [3.63, 3.8) is 0 Å². The van der Waals surface area contributed by atoms with E-state index in [2.05, 4.69) is 31.4 Å². The van der Waals surface area contributed by atoms with Gasteiger partial charge >= 0.3 is 0 Å². The van der Waals surface area contributed by atoms with Crippen LogP contribution >= 0.6 is 0 Å². The summed E-state index contributed by atoms with van der Waals surface area (Å²) in [5.74, 6) is 0.819. The smallest absolute Gasteiger partial charge is 0.275 e. The summed E-state index contributed by atoms with van der Waals surface area (Å²) in [6.07, 6.45) is 4.96. The third-order valence-electron chi connectivity index (χ3n) is 4.27. The minimum absolute atomic E-state index is 0.192. The maximum absolute atomic E-state index is 12.1. The van der Waals surface area contributed by atoms with E-state index in [1.54, 1.807) is 0 Å². The van der Waals surface area contributed by atoms with Crippen molar-refractivity contribution >= 4 is 5.91 Å². The van der Waals surface area contributed by atoms with E-state index in [0.717, 1.165) is 13.0 Å². The number of likely N-dealkylation sites (N-methyl/N-ethyl adjacent to an activating group) is 1. The molecule has 1 unspecified atom stereocenters. The Hall–Kier alpha value is -1.35. The molecule has 0 aliphatic heterocycles. The molecule has 1 aliphatic carbocycles. The monoisotopic (exact) mass is 275 g/mol. The molecule has 1 aromatic carbocycles. The van der Waals surface area contributed by atoms with Gasteiger partial charge in [0.2, 0.25) is 0 Å². The summed E-state index contributed by atoms with van der Waals surface area (Å²) < 4.78 is 0. The number of hydrogen-bond acceptors (Lipinski definition) is 1. The van der Waals surface area contributed by atoms with Crippen LogP contribution in [0.5, 0.6) is 0 Å². The predicted octanol–water partition coefficient (Wildman–Crippen LogP) is 1.40. The Morgan fingerprint density at radius 2 is 1.95 bits per heavy atom. The maximum atomic E-state index is 12.1.